The third kappa shape index (κ3) is 1600. The Morgan fingerprint density at radius 1 is 0.833 bits per heavy atom. The van der Waals surface area contributed by atoms with E-state index in [0.717, 1.165) is 0 Å². The molecule has 0 aromatic carbocycles. The van der Waals surface area contributed by atoms with E-state index in [1.165, 1.54) is 0 Å². The molecule has 0 aliphatic heterocycles. The number of hydrogen-bond donors (Lipinski definition) is 0. The zero-order valence-electron chi connectivity index (χ0n) is 3.32. The van der Waals surface area contributed by atoms with Crippen molar-refractivity contribution < 1.29 is 26.7 Å². The average Bonchev–Trinajstić information content (AvgIpc) is 1.50. The predicted molar refractivity (Wildman–Crippen MR) is 19.9 cm³/mol. The molecule has 0 atom stereocenters. The fraction of sp³-hybridized carbons (Fsp3) is 0. The maximum Gasteiger partial charge on any atom is 2.00 e. The molecule has 3 heteroatoms. The summed E-state index contributed by atoms with van der Waals surface area (Å²) in [5.74, 6) is 0. The summed E-state index contributed by atoms with van der Waals surface area (Å²) in [7, 11) is 0. The maximum absolute atomic E-state index is 7.75. The molecule has 0 aromatic rings. The number of hydrogen-bond acceptors (Lipinski definition) is 2. The van der Waals surface area contributed by atoms with Crippen molar-refractivity contribution in [3.63, 3.8) is 0 Å². The Morgan fingerprint density at radius 2 is 0.833 bits per heavy atom. The Morgan fingerprint density at radius 3 is 0.833 bits per heavy atom. The van der Waals surface area contributed by atoms with E-state index >= 15 is 0 Å². The van der Waals surface area contributed by atoms with Gasteiger partial charge in [0.05, 0.1) is 0 Å². The van der Waals surface area contributed by atoms with E-state index in [2.05, 4.69) is 13.6 Å². The van der Waals surface area contributed by atoms with Crippen LogP contribution in [-0.2, 0) is 26.7 Å². The first-order valence-corrected chi connectivity index (χ1v) is 0.471. The first kappa shape index (κ1) is 40.0. The molecule has 0 aliphatic rings. The van der Waals surface area contributed by atoms with Crippen LogP contribution in [0.3, 0.4) is 0 Å². The van der Waals surface area contributed by atoms with Crippen molar-refractivity contribution in [1.82, 2.24) is 0 Å². The first-order chi connectivity index (χ1) is 2.00. The van der Waals surface area contributed by atoms with Crippen LogP contribution in [0, 0.1) is 7.43 Å². The second-order valence-corrected chi connectivity index (χ2v) is 0. The van der Waals surface area contributed by atoms with E-state index < -0.39 is 0 Å². The second-order valence-electron chi connectivity index (χ2n) is 0. The fourth-order valence-corrected chi connectivity index (χ4v) is 0. The van der Waals surface area contributed by atoms with Crippen molar-refractivity contribution in [3.8, 4) is 0 Å². The second kappa shape index (κ2) is 3670. The summed E-state index contributed by atoms with van der Waals surface area (Å²) in [6, 6.07) is 0. The summed E-state index contributed by atoms with van der Waals surface area (Å²) in [4.78, 5) is 15.5. The minimum Gasteiger partial charge on any atom is -0.545 e. The molecular weight excluding hydrogens is 124 g/mol. The van der Waals surface area contributed by atoms with E-state index in [1.807, 2.05) is 0 Å². The van der Waals surface area contributed by atoms with Crippen LogP contribution in [0.25, 0.3) is 0 Å². The molecule has 0 spiro atoms. The molecule has 0 aliphatic carbocycles. The molecular formula is C3H5FeO2-. The van der Waals surface area contributed by atoms with Crippen LogP contribution in [0.5, 0.6) is 0 Å². The molecule has 0 unspecified atom stereocenters. The molecule has 0 heterocycles. The molecule has 0 saturated carbocycles. The third-order valence-electron chi connectivity index (χ3n) is 0. The van der Waals surface area contributed by atoms with Crippen LogP contribution in [0.2, 0.25) is 0 Å². The third-order valence-corrected chi connectivity index (χ3v) is 0. The van der Waals surface area contributed by atoms with E-state index in [1.54, 1.807) is 0 Å². The Kier molecular flexibility index (Phi) is 24400. The van der Waals surface area contributed by atoms with Crippen LogP contribution in [0.4, 0.5) is 0 Å². The maximum atomic E-state index is 7.75. The summed E-state index contributed by atoms with van der Waals surface area (Å²) in [5.41, 5.74) is 0. The average molecular weight is 129 g/mol. The fourth-order valence-electron chi connectivity index (χ4n) is 0. The van der Waals surface area contributed by atoms with Crippen LogP contribution in [0.1, 0.15) is 0 Å². The van der Waals surface area contributed by atoms with Crippen molar-refractivity contribution in [2.45, 2.75) is 0 Å². The van der Waals surface area contributed by atoms with Crippen LogP contribution in [0.15, 0.2) is 0 Å². The topological polar surface area (TPSA) is 34.1 Å². The van der Waals surface area contributed by atoms with Gasteiger partial charge in [0, 0.05) is 0 Å². The van der Waals surface area contributed by atoms with Crippen molar-refractivity contribution in [1.29, 1.82) is 0 Å². The largest absolute Gasteiger partial charge is 2.00 e. The summed E-state index contributed by atoms with van der Waals surface area (Å²) >= 11 is 0. The summed E-state index contributed by atoms with van der Waals surface area (Å²) in [6.45, 7) is 6.50. The van der Waals surface area contributed by atoms with Gasteiger partial charge in [0.2, 0.25) is 0 Å². The molecule has 0 amide bonds. The molecule has 6 heavy (non-hydrogen) atoms. The van der Waals surface area contributed by atoms with Gasteiger partial charge in [0.1, 0.15) is 0 Å². The van der Waals surface area contributed by atoms with Crippen molar-refractivity contribution in [2.75, 3.05) is 0 Å². The summed E-state index contributed by atoms with van der Waals surface area (Å²) < 4.78 is 0. The van der Waals surface area contributed by atoms with Crippen LogP contribution >= 0.6 is 0 Å². The van der Waals surface area contributed by atoms with Gasteiger partial charge in [-0.2, -0.15) is 0 Å². The SMILES string of the molecule is [CH-]=O.[CH-]=O.[CH3-].[Fe+2]. The Labute approximate surface area is 48.4 Å². The Hall–Kier alpha value is -0.141. The van der Waals surface area contributed by atoms with Gasteiger partial charge in [0.15, 0.2) is 0 Å². The Balaban J connectivity index is -0.00000000500. The monoisotopic (exact) mass is 129 g/mol. The standard InChI is InChI=1S/2CHO.CH3.Fe/c2*1-2;;/h2*1H;1H3;/q3*-1;+2. The van der Waals surface area contributed by atoms with Gasteiger partial charge in [0.25, 0.3) is 0 Å². The zero-order valence-corrected chi connectivity index (χ0v) is 4.43. The van der Waals surface area contributed by atoms with Gasteiger partial charge in [-0.05, 0) is 0 Å². The minimum absolute atomic E-state index is 0. The van der Waals surface area contributed by atoms with E-state index in [4.69, 9.17) is 9.59 Å². The van der Waals surface area contributed by atoms with Gasteiger partial charge in [-0.25, -0.2) is 0 Å². The molecule has 0 aromatic heterocycles. The Bertz CT molecular complexity index is 10.8. The van der Waals surface area contributed by atoms with Crippen molar-refractivity contribution >= 4 is 13.6 Å². The van der Waals surface area contributed by atoms with E-state index in [-0.39, 0.29) is 24.5 Å². The summed E-state index contributed by atoms with van der Waals surface area (Å²) in [5, 5.41) is 0. The number of carbonyl (C=O) groups excluding carboxylic acids is 2. The zero-order chi connectivity index (χ0) is 4.00. The molecule has 0 bridgehead atoms. The normalized spacial score (nSPS) is 1.33. The van der Waals surface area contributed by atoms with Crippen LogP contribution < -0.4 is 0 Å². The van der Waals surface area contributed by atoms with E-state index in [0.29, 0.717) is 0 Å². The quantitative estimate of drug-likeness (QED) is 0.260. The van der Waals surface area contributed by atoms with Gasteiger partial charge >= 0.3 is 17.1 Å². The van der Waals surface area contributed by atoms with Gasteiger partial charge < -0.3 is 17.0 Å². The number of rotatable bonds is 0. The molecule has 0 radical (unpaired) electrons. The van der Waals surface area contributed by atoms with Crippen LogP contribution in [-0.4, -0.2) is 13.6 Å². The van der Waals surface area contributed by atoms with Gasteiger partial charge in [-0.3, -0.25) is 13.6 Å². The molecule has 0 N–H and O–H groups in total. The summed E-state index contributed by atoms with van der Waals surface area (Å²) in [6.07, 6.45) is 0. The molecule has 0 rings (SSSR count). The predicted octanol–water partition coefficient (Wildman–Crippen LogP) is -0.100. The van der Waals surface area contributed by atoms with Gasteiger partial charge in [-0.1, -0.05) is 0 Å². The molecule has 2 nitrogen and oxygen atoms in total. The molecule has 0 fully saturated rings. The molecule has 0 saturated heterocycles. The molecule has 38 valence electrons. The minimum atomic E-state index is 0. The van der Waals surface area contributed by atoms with Crippen molar-refractivity contribution in [2.24, 2.45) is 0 Å². The van der Waals surface area contributed by atoms with Crippen molar-refractivity contribution in [3.05, 3.63) is 7.43 Å². The smallest absolute Gasteiger partial charge is 0.545 e. The first-order valence-electron chi connectivity index (χ1n) is 0.471. The van der Waals surface area contributed by atoms with E-state index in [9.17, 15) is 0 Å². The van der Waals surface area contributed by atoms with Gasteiger partial charge in [-0.15, -0.1) is 0 Å².